The molecule has 0 aliphatic carbocycles. The van der Waals surface area contributed by atoms with Crippen LogP contribution in [0.5, 0.6) is 0 Å². The Kier molecular flexibility index (Phi) is 3.01. The van der Waals surface area contributed by atoms with Crippen molar-refractivity contribution in [1.29, 1.82) is 0 Å². The van der Waals surface area contributed by atoms with Crippen LogP contribution in [0.25, 0.3) is 0 Å². The predicted molar refractivity (Wildman–Crippen MR) is 46.0 cm³/mol. The van der Waals surface area contributed by atoms with E-state index in [1.165, 1.54) is 0 Å². The maximum atomic E-state index is 5.63. The molecule has 1 aliphatic heterocycles. The Balaban J connectivity index is 2.26. The average Bonchev–Trinajstić information content (AvgIpc) is 1.87. The molecule has 0 bridgehead atoms. The summed E-state index contributed by atoms with van der Waals surface area (Å²) in [7, 11) is 3.24. The maximum absolute atomic E-state index is 5.63. The SMILES string of the molecule is ClB1SSB(Cl)S1. The van der Waals surface area contributed by atoms with Crippen LogP contribution in [0.4, 0.5) is 0 Å². The van der Waals surface area contributed by atoms with Gasteiger partial charge in [0.2, 0.25) is 0 Å². The van der Waals surface area contributed by atoms with Crippen molar-refractivity contribution >= 4 is 65.0 Å². The molecule has 7 heteroatoms. The second-order valence-electron chi connectivity index (χ2n) is 0.877. The number of rotatable bonds is 0. The second kappa shape index (κ2) is 3.06. The Morgan fingerprint density at radius 2 is 1.43 bits per heavy atom. The van der Waals surface area contributed by atoms with Crippen LogP contribution >= 0.6 is 55.7 Å². The van der Waals surface area contributed by atoms with Crippen LogP contribution in [0, 0.1) is 0 Å². The van der Waals surface area contributed by atoms with Crippen molar-refractivity contribution < 1.29 is 0 Å². The van der Waals surface area contributed by atoms with Crippen molar-refractivity contribution in [2.45, 2.75) is 0 Å². The average molecular weight is 189 g/mol. The molecule has 0 saturated carbocycles. The summed E-state index contributed by atoms with van der Waals surface area (Å²) in [6, 6.07) is 0. The van der Waals surface area contributed by atoms with Crippen LogP contribution in [-0.4, -0.2) is 9.37 Å². The molecular weight excluding hydrogens is 189 g/mol. The molecule has 0 aromatic rings. The van der Waals surface area contributed by atoms with E-state index in [-0.39, 0.29) is 9.37 Å². The quantitative estimate of drug-likeness (QED) is 0.424. The summed E-state index contributed by atoms with van der Waals surface area (Å²) < 4.78 is 0.319. The zero-order valence-corrected chi connectivity index (χ0v) is 7.10. The van der Waals surface area contributed by atoms with Crippen molar-refractivity contribution in [2.24, 2.45) is 0 Å². The van der Waals surface area contributed by atoms with Gasteiger partial charge in [0, 0.05) is 0 Å². The Morgan fingerprint density at radius 1 is 1.00 bits per heavy atom. The van der Waals surface area contributed by atoms with E-state index < -0.39 is 0 Å². The molecule has 0 atom stereocenters. The van der Waals surface area contributed by atoms with E-state index in [4.69, 9.17) is 22.9 Å². The fourth-order valence-electron chi connectivity index (χ4n) is 0.217. The molecule has 0 nitrogen and oxygen atoms in total. The lowest BCUT2D eigenvalue weighted by molar-refractivity contribution is 4.28. The highest BCUT2D eigenvalue weighted by molar-refractivity contribution is 9.15. The van der Waals surface area contributed by atoms with Crippen LogP contribution in [0.15, 0.2) is 0 Å². The van der Waals surface area contributed by atoms with Gasteiger partial charge in [0.25, 0.3) is 0 Å². The fourth-order valence-corrected chi connectivity index (χ4v) is 5.85. The molecule has 1 saturated heterocycles. The lowest BCUT2D eigenvalue weighted by Crippen LogP contribution is -1.86. The molecule has 1 fully saturated rings. The molecule has 1 aliphatic rings. The van der Waals surface area contributed by atoms with Gasteiger partial charge in [0.1, 0.15) is 0 Å². The largest absolute Gasteiger partial charge is 0.380 e. The third-order valence-corrected chi connectivity index (χ3v) is 6.51. The molecule has 7 heavy (non-hydrogen) atoms. The van der Waals surface area contributed by atoms with Crippen LogP contribution in [-0.2, 0) is 0 Å². The summed E-state index contributed by atoms with van der Waals surface area (Å²) in [6.45, 7) is 0. The maximum Gasteiger partial charge on any atom is 0.380 e. The highest BCUT2D eigenvalue weighted by atomic mass is 35.5. The van der Waals surface area contributed by atoms with Gasteiger partial charge in [-0.3, -0.25) is 0 Å². The predicted octanol–water partition coefficient (Wildman–Crippen LogP) is 2.56. The van der Waals surface area contributed by atoms with Crippen molar-refractivity contribution in [3.8, 4) is 0 Å². The molecule has 0 N–H and O–H groups in total. The van der Waals surface area contributed by atoms with Crippen molar-refractivity contribution in [3.63, 3.8) is 0 Å². The van der Waals surface area contributed by atoms with Gasteiger partial charge in [-0.2, -0.15) is 34.4 Å². The molecular formula is B2Cl2S3. The lowest BCUT2D eigenvalue weighted by atomic mass is 10.6. The number of halogens is 2. The number of hydrogen-bond acceptors (Lipinski definition) is 3. The van der Waals surface area contributed by atoms with Gasteiger partial charge in [-0.1, -0.05) is 0 Å². The minimum atomic E-state index is 0.160. The Hall–Kier alpha value is 1.76. The minimum absolute atomic E-state index is 0.160. The van der Waals surface area contributed by atoms with Crippen molar-refractivity contribution in [2.75, 3.05) is 0 Å². The minimum Gasteiger partial charge on any atom is -0.195 e. The van der Waals surface area contributed by atoms with E-state index in [1.807, 2.05) is 0 Å². The van der Waals surface area contributed by atoms with Gasteiger partial charge >= 0.3 is 9.37 Å². The zero-order valence-electron chi connectivity index (χ0n) is 3.14. The molecule has 0 radical (unpaired) electrons. The van der Waals surface area contributed by atoms with Crippen LogP contribution < -0.4 is 0 Å². The molecule has 0 unspecified atom stereocenters. The first kappa shape index (κ1) is 6.87. The molecule has 0 spiro atoms. The van der Waals surface area contributed by atoms with Gasteiger partial charge in [-0.25, -0.2) is 0 Å². The second-order valence-corrected chi connectivity index (χ2v) is 7.08. The van der Waals surface area contributed by atoms with E-state index in [9.17, 15) is 0 Å². The first-order chi connectivity index (χ1) is 3.29. The van der Waals surface area contributed by atoms with Gasteiger partial charge in [0.15, 0.2) is 0 Å². The molecule has 0 amide bonds. The molecule has 1 rings (SSSR count). The van der Waals surface area contributed by atoms with Gasteiger partial charge in [-0.15, -0.1) is 21.3 Å². The molecule has 38 valence electrons. The summed E-state index contributed by atoms with van der Waals surface area (Å²) in [5.41, 5.74) is 0. The normalized spacial score (nSPS) is 21.4. The van der Waals surface area contributed by atoms with E-state index >= 15 is 0 Å². The first-order valence-electron chi connectivity index (χ1n) is 1.55. The molecule has 0 aromatic heterocycles. The Bertz CT molecular complexity index is 60.0. The van der Waals surface area contributed by atoms with Crippen LogP contribution in [0.1, 0.15) is 0 Å². The van der Waals surface area contributed by atoms with E-state index in [2.05, 4.69) is 0 Å². The van der Waals surface area contributed by atoms with Gasteiger partial charge < -0.3 is 0 Å². The van der Waals surface area contributed by atoms with Crippen molar-refractivity contribution in [3.05, 3.63) is 0 Å². The zero-order chi connectivity index (χ0) is 5.28. The third-order valence-electron chi connectivity index (χ3n) is 0.421. The number of hydrogen-bond donors (Lipinski definition) is 0. The standard InChI is InChI=1S/B2Cl2S3/c3-1-5-2(4)7-6-1. The van der Waals surface area contributed by atoms with E-state index in [0.717, 1.165) is 0 Å². The highest BCUT2D eigenvalue weighted by Crippen LogP contribution is 2.48. The Morgan fingerprint density at radius 3 is 1.57 bits per heavy atom. The van der Waals surface area contributed by atoms with Gasteiger partial charge in [-0.05, 0) is 0 Å². The highest BCUT2D eigenvalue weighted by Gasteiger charge is 2.30. The monoisotopic (exact) mass is 188 g/mol. The van der Waals surface area contributed by atoms with E-state index in [1.54, 1.807) is 32.8 Å². The topological polar surface area (TPSA) is 0 Å². The lowest BCUT2D eigenvalue weighted by Gasteiger charge is -1.82. The summed E-state index contributed by atoms with van der Waals surface area (Å²) in [6.07, 6.45) is 0. The van der Waals surface area contributed by atoms with Crippen LogP contribution in [0.3, 0.4) is 0 Å². The summed E-state index contributed by atoms with van der Waals surface area (Å²) in [5, 5.41) is 0. The summed E-state index contributed by atoms with van der Waals surface area (Å²) >= 11 is 12.8. The van der Waals surface area contributed by atoms with Crippen LogP contribution in [0.2, 0.25) is 0 Å². The first-order valence-corrected chi connectivity index (χ1v) is 5.64. The van der Waals surface area contributed by atoms with E-state index in [0.29, 0.717) is 0 Å². The summed E-state index contributed by atoms with van der Waals surface area (Å²) in [4.78, 5) is 0. The smallest absolute Gasteiger partial charge is 0.195 e. The third kappa shape index (κ3) is 2.22. The molecule has 1 heterocycles. The van der Waals surface area contributed by atoms with Crippen molar-refractivity contribution in [1.82, 2.24) is 0 Å². The molecule has 0 aromatic carbocycles. The summed E-state index contributed by atoms with van der Waals surface area (Å²) in [5.74, 6) is 0. The Labute approximate surface area is 64.8 Å². The fraction of sp³-hybridized carbons (Fsp3) is 0. The van der Waals surface area contributed by atoms with Gasteiger partial charge in [0.05, 0.1) is 0 Å².